The van der Waals surface area contributed by atoms with Crippen molar-refractivity contribution in [3.8, 4) is 0 Å². The van der Waals surface area contributed by atoms with E-state index in [4.69, 9.17) is 0 Å². The predicted octanol–water partition coefficient (Wildman–Crippen LogP) is 2.92. The molecule has 0 aliphatic heterocycles. The van der Waals surface area contributed by atoms with Crippen LogP contribution in [0.2, 0.25) is 0 Å². The third kappa shape index (κ3) is 1.73. The molecule has 1 aliphatic carbocycles. The van der Waals surface area contributed by atoms with Crippen molar-refractivity contribution in [1.82, 2.24) is 9.19 Å². The molecule has 17 heavy (non-hydrogen) atoms. The van der Waals surface area contributed by atoms with E-state index in [9.17, 15) is 4.79 Å². The second-order valence-corrected chi connectivity index (χ2v) is 7.27. The van der Waals surface area contributed by atoms with Gasteiger partial charge in [0.25, 0.3) is 5.56 Å². The van der Waals surface area contributed by atoms with Gasteiger partial charge in [0.2, 0.25) is 0 Å². The first-order valence-corrected chi connectivity index (χ1v) is 8.00. The third-order valence-corrected chi connectivity index (χ3v) is 5.28. The van der Waals surface area contributed by atoms with Crippen LogP contribution in [0.15, 0.2) is 11.0 Å². The molecule has 0 atom stereocenters. The van der Waals surface area contributed by atoms with E-state index in [1.54, 1.807) is 17.5 Å². The van der Waals surface area contributed by atoms with Crippen molar-refractivity contribution in [3.05, 3.63) is 27.0 Å². The standard InChI is InChI=1S/C11H12N2OS3/c1-11(2)3-6-7-5-12-13(17-15)10(14)9(7)16-8(6)4-11/h5,15H,3-4H2,1-2H3. The fourth-order valence-electron chi connectivity index (χ4n) is 2.44. The average Bonchev–Trinajstić information content (AvgIpc) is 2.72. The minimum absolute atomic E-state index is 0.0419. The normalized spacial score (nSPS) is 17.6. The summed E-state index contributed by atoms with van der Waals surface area (Å²) < 4.78 is 2.14. The smallest absolute Gasteiger partial charge is 0.265 e. The molecule has 3 nitrogen and oxygen atoms in total. The summed E-state index contributed by atoms with van der Waals surface area (Å²) in [5.41, 5.74) is 1.61. The summed E-state index contributed by atoms with van der Waals surface area (Å²) in [6.45, 7) is 4.54. The summed E-state index contributed by atoms with van der Waals surface area (Å²) in [4.78, 5) is 13.4. The molecule has 1 aliphatic rings. The van der Waals surface area contributed by atoms with Crippen molar-refractivity contribution in [1.29, 1.82) is 0 Å². The van der Waals surface area contributed by atoms with Gasteiger partial charge < -0.3 is 0 Å². The van der Waals surface area contributed by atoms with Crippen LogP contribution < -0.4 is 5.56 Å². The minimum Gasteiger partial charge on any atom is -0.265 e. The fraction of sp³-hybridized carbons (Fsp3) is 0.455. The maximum Gasteiger partial charge on any atom is 0.295 e. The lowest BCUT2D eigenvalue weighted by Gasteiger charge is -2.15. The molecule has 0 unspecified atom stereocenters. The van der Waals surface area contributed by atoms with Crippen molar-refractivity contribution >= 4 is 44.1 Å². The predicted molar refractivity (Wildman–Crippen MR) is 77.0 cm³/mol. The number of nitrogens with zero attached hydrogens (tertiary/aromatic N) is 2. The number of aromatic nitrogens is 2. The van der Waals surface area contributed by atoms with Crippen LogP contribution in [-0.4, -0.2) is 9.19 Å². The molecule has 0 amide bonds. The molecular weight excluding hydrogens is 272 g/mol. The fourth-order valence-corrected chi connectivity index (χ4v) is 4.58. The topological polar surface area (TPSA) is 34.9 Å². The molecule has 0 fully saturated rings. The first-order valence-electron chi connectivity index (χ1n) is 5.36. The Morgan fingerprint density at radius 3 is 3.00 bits per heavy atom. The van der Waals surface area contributed by atoms with Gasteiger partial charge in [-0.3, -0.25) is 4.79 Å². The molecule has 0 aromatic carbocycles. The van der Waals surface area contributed by atoms with E-state index in [1.807, 2.05) is 0 Å². The first kappa shape index (κ1) is 11.6. The van der Waals surface area contributed by atoms with E-state index in [1.165, 1.54) is 14.5 Å². The van der Waals surface area contributed by atoms with Gasteiger partial charge in [0.1, 0.15) is 4.70 Å². The van der Waals surface area contributed by atoms with Crippen LogP contribution in [-0.2, 0) is 12.8 Å². The molecule has 0 radical (unpaired) electrons. The zero-order chi connectivity index (χ0) is 12.2. The van der Waals surface area contributed by atoms with Crippen LogP contribution in [0.5, 0.6) is 0 Å². The number of hydrogen-bond acceptors (Lipinski definition) is 5. The Labute approximate surface area is 112 Å². The van der Waals surface area contributed by atoms with Crippen LogP contribution in [0, 0.1) is 5.41 Å². The highest BCUT2D eigenvalue weighted by Gasteiger charge is 2.32. The van der Waals surface area contributed by atoms with E-state index >= 15 is 0 Å². The van der Waals surface area contributed by atoms with Crippen LogP contribution in [0.1, 0.15) is 24.3 Å². The van der Waals surface area contributed by atoms with Crippen LogP contribution in [0.4, 0.5) is 0 Å². The van der Waals surface area contributed by atoms with Crippen molar-refractivity contribution in [2.45, 2.75) is 26.7 Å². The Morgan fingerprint density at radius 1 is 1.53 bits per heavy atom. The average molecular weight is 284 g/mol. The van der Waals surface area contributed by atoms with Gasteiger partial charge in [-0.15, -0.1) is 11.3 Å². The summed E-state index contributed by atoms with van der Waals surface area (Å²) in [5.74, 6) is 0. The number of thiophene rings is 1. The number of fused-ring (bicyclic) bond motifs is 3. The minimum atomic E-state index is -0.0419. The number of thiol groups is 1. The van der Waals surface area contributed by atoms with Gasteiger partial charge in [-0.05, 0) is 23.8 Å². The zero-order valence-electron chi connectivity index (χ0n) is 9.56. The third-order valence-electron chi connectivity index (χ3n) is 3.16. The van der Waals surface area contributed by atoms with Crippen molar-refractivity contribution in [2.75, 3.05) is 0 Å². The molecule has 0 saturated carbocycles. The lowest BCUT2D eigenvalue weighted by molar-refractivity contribution is 0.394. The van der Waals surface area contributed by atoms with Gasteiger partial charge in [-0.1, -0.05) is 25.5 Å². The SMILES string of the molecule is CC1(C)Cc2sc3c(=O)n(SS)ncc3c2C1. The summed E-state index contributed by atoms with van der Waals surface area (Å²) >= 11 is 5.65. The Morgan fingerprint density at radius 2 is 2.29 bits per heavy atom. The lowest BCUT2D eigenvalue weighted by atomic mass is 9.90. The number of rotatable bonds is 1. The van der Waals surface area contributed by atoms with Gasteiger partial charge in [0.05, 0.1) is 6.20 Å². The Kier molecular flexibility index (Phi) is 2.57. The summed E-state index contributed by atoms with van der Waals surface area (Å²) in [6, 6.07) is 0. The molecule has 2 heterocycles. The molecule has 2 aromatic heterocycles. The highest BCUT2D eigenvalue weighted by atomic mass is 33.1. The molecule has 0 saturated heterocycles. The van der Waals surface area contributed by atoms with Crippen molar-refractivity contribution in [2.24, 2.45) is 5.41 Å². The van der Waals surface area contributed by atoms with E-state index < -0.39 is 0 Å². The van der Waals surface area contributed by atoms with Gasteiger partial charge in [0.15, 0.2) is 0 Å². The van der Waals surface area contributed by atoms with Gasteiger partial charge in [-0.2, -0.15) is 9.19 Å². The molecule has 0 N–H and O–H groups in total. The Bertz CT molecular complexity index is 657. The monoisotopic (exact) mass is 284 g/mol. The van der Waals surface area contributed by atoms with Crippen LogP contribution in [0.3, 0.4) is 0 Å². The zero-order valence-corrected chi connectivity index (χ0v) is 12.1. The summed E-state index contributed by atoms with van der Waals surface area (Å²) in [7, 11) is 1.04. The Hall–Kier alpha value is -0.460. The molecule has 90 valence electrons. The molecular formula is C11H12N2OS3. The molecule has 0 bridgehead atoms. The molecule has 2 aromatic rings. The summed E-state index contributed by atoms with van der Waals surface area (Å²) in [6.07, 6.45) is 3.91. The maximum atomic E-state index is 12.1. The van der Waals surface area contributed by atoms with Crippen molar-refractivity contribution in [3.63, 3.8) is 0 Å². The van der Waals surface area contributed by atoms with E-state index in [-0.39, 0.29) is 5.56 Å². The molecule has 0 spiro atoms. The second-order valence-electron chi connectivity index (χ2n) is 5.17. The van der Waals surface area contributed by atoms with Crippen molar-refractivity contribution < 1.29 is 0 Å². The lowest BCUT2D eigenvalue weighted by Crippen LogP contribution is -2.16. The maximum absolute atomic E-state index is 12.1. The number of hydrogen-bond donors (Lipinski definition) is 1. The van der Waals surface area contributed by atoms with Crippen LogP contribution in [0.25, 0.3) is 10.1 Å². The first-order chi connectivity index (χ1) is 8.02. The highest BCUT2D eigenvalue weighted by molar-refractivity contribution is 8.67. The Balaban J connectivity index is 2.27. The summed E-state index contributed by atoms with van der Waals surface area (Å²) in [5, 5.41) is 5.16. The van der Waals surface area contributed by atoms with E-state index in [0.29, 0.717) is 5.41 Å². The van der Waals surface area contributed by atoms with Gasteiger partial charge in [0, 0.05) is 21.2 Å². The molecule has 6 heteroatoms. The van der Waals surface area contributed by atoms with E-state index in [2.05, 4.69) is 30.6 Å². The largest absolute Gasteiger partial charge is 0.295 e. The van der Waals surface area contributed by atoms with Gasteiger partial charge >= 0.3 is 0 Å². The molecule has 3 rings (SSSR count). The van der Waals surface area contributed by atoms with Gasteiger partial charge in [-0.25, -0.2) is 0 Å². The second kappa shape index (κ2) is 3.76. The van der Waals surface area contributed by atoms with Crippen LogP contribution >= 0.6 is 34.0 Å². The van der Waals surface area contributed by atoms with E-state index in [0.717, 1.165) is 33.9 Å². The highest BCUT2D eigenvalue weighted by Crippen LogP contribution is 2.43. The quantitative estimate of drug-likeness (QED) is 0.646.